The van der Waals surface area contributed by atoms with Crippen LogP contribution in [0.1, 0.15) is 16.8 Å². The zero-order valence-electron chi connectivity index (χ0n) is 20.2. The molecular formula is C26H21Cl2N3O7S. The number of nitrogens with zero attached hydrogens (tertiary/aromatic N) is 2. The molecule has 10 nitrogen and oxygen atoms in total. The molecule has 0 fully saturated rings. The van der Waals surface area contributed by atoms with E-state index in [0.29, 0.717) is 30.4 Å². The Labute approximate surface area is 234 Å². The first-order valence-electron chi connectivity index (χ1n) is 11.5. The van der Waals surface area contributed by atoms with E-state index in [1.54, 1.807) is 18.2 Å². The molecule has 39 heavy (non-hydrogen) atoms. The summed E-state index contributed by atoms with van der Waals surface area (Å²) in [6.07, 6.45) is 0.0325. The van der Waals surface area contributed by atoms with Crippen LogP contribution in [0.15, 0.2) is 65.6 Å². The molecule has 13 heteroatoms. The maximum Gasteiger partial charge on any atom is 0.340 e. The Balaban J connectivity index is 1.50. The number of nitriles is 1. The molecule has 1 aliphatic rings. The predicted octanol–water partition coefficient (Wildman–Crippen LogP) is 4.67. The number of sulfonamides is 1. The van der Waals surface area contributed by atoms with Crippen LogP contribution < -0.4 is 19.1 Å². The van der Waals surface area contributed by atoms with Gasteiger partial charge in [0.05, 0.1) is 28.8 Å². The number of para-hydroxylation sites is 1. The minimum absolute atomic E-state index is 0.0325. The van der Waals surface area contributed by atoms with Gasteiger partial charge in [0.25, 0.3) is 15.9 Å². The van der Waals surface area contributed by atoms with Gasteiger partial charge in [-0.05, 0) is 42.5 Å². The van der Waals surface area contributed by atoms with Crippen LogP contribution in [0.2, 0.25) is 10.0 Å². The standard InChI is InChI=1S/C26H21Cl2N3O7S/c27-17-6-8-20(28)24(14-17)39(34,35)30-21-5-2-1-4-19(21)26(33)38-16-25(32)31(11-3-10-29)18-7-9-22-23(15-18)37-13-12-36-22/h1-2,4-9,14-15,30H,3,11-13,16H2. The number of rotatable bonds is 9. The number of carbonyl (C=O) groups is 2. The van der Waals surface area contributed by atoms with Crippen LogP contribution in [0.25, 0.3) is 0 Å². The first-order chi connectivity index (χ1) is 18.7. The van der Waals surface area contributed by atoms with E-state index in [1.165, 1.54) is 47.4 Å². The van der Waals surface area contributed by atoms with Gasteiger partial charge < -0.3 is 19.1 Å². The van der Waals surface area contributed by atoms with Gasteiger partial charge in [-0.1, -0.05) is 35.3 Å². The normalized spacial score (nSPS) is 12.2. The second kappa shape index (κ2) is 12.3. The van der Waals surface area contributed by atoms with E-state index in [-0.39, 0.29) is 39.2 Å². The van der Waals surface area contributed by atoms with Crippen LogP contribution in [0.4, 0.5) is 11.4 Å². The molecule has 1 heterocycles. The summed E-state index contributed by atoms with van der Waals surface area (Å²) in [6.45, 7) is 0.138. The molecule has 0 saturated heterocycles. The molecule has 4 rings (SSSR count). The van der Waals surface area contributed by atoms with Crippen molar-refractivity contribution < 1.29 is 32.2 Å². The second-order valence-corrected chi connectivity index (χ2v) is 10.6. The quantitative estimate of drug-likeness (QED) is 0.356. The van der Waals surface area contributed by atoms with Crippen LogP contribution >= 0.6 is 23.2 Å². The topological polar surface area (TPSA) is 135 Å². The van der Waals surface area contributed by atoms with Crippen molar-refractivity contribution in [3.05, 3.63) is 76.3 Å². The molecule has 1 N–H and O–H groups in total. The minimum atomic E-state index is -4.22. The minimum Gasteiger partial charge on any atom is -0.486 e. The molecule has 0 aliphatic carbocycles. The number of fused-ring (bicyclic) bond motifs is 1. The highest BCUT2D eigenvalue weighted by Gasteiger charge is 2.24. The van der Waals surface area contributed by atoms with E-state index < -0.39 is 28.5 Å². The van der Waals surface area contributed by atoms with Gasteiger partial charge in [-0.15, -0.1) is 0 Å². The SMILES string of the molecule is N#CCCN(C(=O)COC(=O)c1ccccc1NS(=O)(=O)c1cc(Cl)ccc1Cl)c1ccc2c(c1)OCCO2. The molecular weight excluding hydrogens is 569 g/mol. The number of esters is 1. The Morgan fingerprint density at radius 1 is 1.03 bits per heavy atom. The van der Waals surface area contributed by atoms with Crippen LogP contribution in [0.5, 0.6) is 11.5 Å². The number of nitrogens with one attached hydrogen (secondary N) is 1. The maximum atomic E-state index is 13.1. The number of halogens is 2. The zero-order valence-corrected chi connectivity index (χ0v) is 22.6. The first kappa shape index (κ1) is 28.0. The number of hydrogen-bond acceptors (Lipinski definition) is 8. The summed E-state index contributed by atoms with van der Waals surface area (Å²) >= 11 is 12.0. The number of ether oxygens (including phenoxy) is 3. The Morgan fingerprint density at radius 2 is 1.77 bits per heavy atom. The predicted molar refractivity (Wildman–Crippen MR) is 144 cm³/mol. The third-order valence-electron chi connectivity index (χ3n) is 5.49. The highest BCUT2D eigenvalue weighted by Crippen LogP contribution is 2.34. The van der Waals surface area contributed by atoms with Crippen LogP contribution in [-0.2, 0) is 19.6 Å². The van der Waals surface area contributed by atoms with Gasteiger partial charge in [0, 0.05) is 23.3 Å². The van der Waals surface area contributed by atoms with Crippen molar-refractivity contribution in [2.24, 2.45) is 0 Å². The van der Waals surface area contributed by atoms with Gasteiger partial charge in [0.15, 0.2) is 18.1 Å². The molecule has 0 spiro atoms. The number of hydrogen-bond donors (Lipinski definition) is 1. The fraction of sp³-hybridized carbons (Fsp3) is 0.192. The van der Waals surface area contributed by atoms with Gasteiger partial charge in [-0.3, -0.25) is 9.52 Å². The summed E-state index contributed by atoms with van der Waals surface area (Å²) in [5.41, 5.74) is 0.219. The van der Waals surface area contributed by atoms with E-state index in [9.17, 15) is 18.0 Å². The monoisotopic (exact) mass is 589 g/mol. The number of benzene rings is 3. The number of carbonyl (C=O) groups excluding carboxylic acids is 2. The van der Waals surface area contributed by atoms with Crippen molar-refractivity contribution in [2.75, 3.05) is 36.0 Å². The Kier molecular flexibility index (Phi) is 8.81. The summed E-state index contributed by atoms with van der Waals surface area (Å²) in [7, 11) is -4.22. The average molecular weight is 590 g/mol. The lowest BCUT2D eigenvalue weighted by molar-refractivity contribution is -0.121. The summed E-state index contributed by atoms with van der Waals surface area (Å²) in [5.74, 6) is -0.561. The molecule has 1 aliphatic heterocycles. The summed E-state index contributed by atoms with van der Waals surface area (Å²) in [5, 5.41) is 9.15. The Bertz CT molecular complexity index is 1560. The number of amides is 1. The fourth-order valence-electron chi connectivity index (χ4n) is 3.68. The Morgan fingerprint density at radius 3 is 2.54 bits per heavy atom. The van der Waals surface area contributed by atoms with Crippen molar-refractivity contribution in [1.82, 2.24) is 0 Å². The molecule has 3 aromatic rings. The Hall–Kier alpha value is -3.98. The second-order valence-electron chi connectivity index (χ2n) is 8.08. The van der Waals surface area contributed by atoms with Crippen LogP contribution in [-0.4, -0.2) is 46.7 Å². The van der Waals surface area contributed by atoms with Crippen LogP contribution in [0, 0.1) is 11.3 Å². The molecule has 0 atom stereocenters. The van der Waals surface area contributed by atoms with Crippen molar-refractivity contribution in [3.63, 3.8) is 0 Å². The lowest BCUT2D eigenvalue weighted by Gasteiger charge is -2.24. The summed E-state index contributed by atoms with van der Waals surface area (Å²) in [4.78, 5) is 27.0. The maximum absolute atomic E-state index is 13.1. The number of anilines is 2. The fourth-order valence-corrected chi connectivity index (χ4v) is 5.52. The zero-order chi connectivity index (χ0) is 28.0. The van der Waals surface area contributed by atoms with Gasteiger partial charge in [0.1, 0.15) is 18.1 Å². The molecule has 202 valence electrons. The van der Waals surface area contributed by atoms with E-state index in [1.807, 2.05) is 6.07 Å². The molecule has 0 unspecified atom stereocenters. The van der Waals surface area contributed by atoms with E-state index in [2.05, 4.69) is 4.72 Å². The molecule has 0 aromatic heterocycles. The van der Waals surface area contributed by atoms with E-state index in [4.69, 9.17) is 42.7 Å². The average Bonchev–Trinajstić information content (AvgIpc) is 2.93. The van der Waals surface area contributed by atoms with Gasteiger partial charge in [-0.25, -0.2) is 13.2 Å². The van der Waals surface area contributed by atoms with Gasteiger partial charge >= 0.3 is 5.97 Å². The van der Waals surface area contributed by atoms with Crippen molar-refractivity contribution in [2.45, 2.75) is 11.3 Å². The van der Waals surface area contributed by atoms with E-state index in [0.717, 1.165) is 0 Å². The third-order valence-corrected chi connectivity index (χ3v) is 7.57. The lowest BCUT2D eigenvalue weighted by atomic mass is 10.2. The third kappa shape index (κ3) is 6.72. The largest absolute Gasteiger partial charge is 0.486 e. The molecule has 1 amide bonds. The van der Waals surface area contributed by atoms with Crippen molar-refractivity contribution in [3.8, 4) is 17.6 Å². The molecule has 0 saturated carbocycles. The van der Waals surface area contributed by atoms with Gasteiger partial charge in [-0.2, -0.15) is 5.26 Å². The smallest absolute Gasteiger partial charge is 0.340 e. The molecule has 0 radical (unpaired) electrons. The van der Waals surface area contributed by atoms with Crippen LogP contribution in [0.3, 0.4) is 0 Å². The highest BCUT2D eigenvalue weighted by molar-refractivity contribution is 7.92. The summed E-state index contributed by atoms with van der Waals surface area (Å²) in [6, 6.07) is 16.6. The highest BCUT2D eigenvalue weighted by atomic mass is 35.5. The van der Waals surface area contributed by atoms with Gasteiger partial charge in [0.2, 0.25) is 0 Å². The molecule has 3 aromatic carbocycles. The lowest BCUT2D eigenvalue weighted by Crippen LogP contribution is -2.35. The van der Waals surface area contributed by atoms with Crippen molar-refractivity contribution in [1.29, 1.82) is 5.26 Å². The van der Waals surface area contributed by atoms with Crippen molar-refractivity contribution >= 4 is 56.5 Å². The molecule has 0 bridgehead atoms. The first-order valence-corrected chi connectivity index (χ1v) is 13.7. The van der Waals surface area contributed by atoms with E-state index >= 15 is 0 Å². The summed E-state index contributed by atoms with van der Waals surface area (Å²) < 4.78 is 44.5.